The second-order valence-electron chi connectivity index (χ2n) is 7.47. The third-order valence-corrected chi connectivity index (χ3v) is 5.39. The van der Waals surface area contributed by atoms with Gasteiger partial charge in [-0.2, -0.15) is 0 Å². The molecule has 1 aromatic heterocycles. The predicted molar refractivity (Wildman–Crippen MR) is 119 cm³/mol. The standard InChI is InChI=1S/C26H28N2/c1-2-3-4-10-19-28-25-14-9-8-13-24(25)27-26(28)20-21-15-17-23(18-16-21)22-11-6-5-7-12-22/h5-9,11-18H,2-4,10,19-20H2,1H3. The minimum absolute atomic E-state index is 0.873. The molecule has 4 rings (SSSR count). The maximum absolute atomic E-state index is 4.95. The van der Waals surface area contributed by atoms with Crippen LogP contribution in [0.25, 0.3) is 22.2 Å². The molecular weight excluding hydrogens is 340 g/mol. The maximum atomic E-state index is 4.95. The number of hydrogen-bond donors (Lipinski definition) is 0. The summed E-state index contributed by atoms with van der Waals surface area (Å²) in [5.74, 6) is 1.17. The van der Waals surface area contributed by atoms with E-state index in [9.17, 15) is 0 Å². The second-order valence-corrected chi connectivity index (χ2v) is 7.47. The van der Waals surface area contributed by atoms with Crippen molar-refractivity contribution < 1.29 is 0 Å². The molecule has 0 aliphatic carbocycles. The van der Waals surface area contributed by atoms with Crippen molar-refractivity contribution >= 4 is 11.0 Å². The van der Waals surface area contributed by atoms with Crippen molar-refractivity contribution in [3.8, 4) is 11.1 Å². The summed E-state index contributed by atoms with van der Waals surface area (Å²) in [6.07, 6.45) is 5.95. The Morgan fingerprint density at radius 2 is 1.43 bits per heavy atom. The van der Waals surface area contributed by atoms with E-state index < -0.39 is 0 Å². The van der Waals surface area contributed by atoms with Gasteiger partial charge in [0.15, 0.2) is 0 Å². The Hall–Kier alpha value is -2.87. The van der Waals surface area contributed by atoms with E-state index in [2.05, 4.69) is 90.4 Å². The first-order chi connectivity index (χ1) is 13.8. The summed E-state index contributed by atoms with van der Waals surface area (Å²) in [5, 5.41) is 0. The Balaban J connectivity index is 1.56. The van der Waals surface area contributed by atoms with Gasteiger partial charge in [-0.1, -0.05) is 92.9 Å². The first-order valence-electron chi connectivity index (χ1n) is 10.4. The Morgan fingerprint density at radius 3 is 2.21 bits per heavy atom. The highest BCUT2D eigenvalue weighted by Gasteiger charge is 2.11. The largest absolute Gasteiger partial charge is 0.328 e. The van der Waals surface area contributed by atoms with Gasteiger partial charge in [0, 0.05) is 13.0 Å². The number of nitrogens with zero attached hydrogens (tertiary/aromatic N) is 2. The number of benzene rings is 3. The lowest BCUT2D eigenvalue weighted by Crippen LogP contribution is -2.05. The van der Waals surface area contributed by atoms with E-state index >= 15 is 0 Å². The van der Waals surface area contributed by atoms with Crippen LogP contribution < -0.4 is 0 Å². The summed E-state index contributed by atoms with van der Waals surface area (Å²) < 4.78 is 2.43. The Bertz CT molecular complexity index is 1010. The highest BCUT2D eigenvalue weighted by molar-refractivity contribution is 5.76. The van der Waals surface area contributed by atoms with Crippen LogP contribution in [0.15, 0.2) is 78.9 Å². The first-order valence-corrected chi connectivity index (χ1v) is 10.4. The second kappa shape index (κ2) is 8.88. The number of unbranched alkanes of at least 4 members (excludes halogenated alkanes) is 3. The lowest BCUT2D eigenvalue weighted by molar-refractivity contribution is 0.578. The van der Waals surface area contributed by atoms with Crippen LogP contribution in [0, 0.1) is 0 Å². The third kappa shape index (κ3) is 4.17. The van der Waals surface area contributed by atoms with Crippen LogP contribution in [-0.4, -0.2) is 9.55 Å². The van der Waals surface area contributed by atoms with Crippen LogP contribution >= 0.6 is 0 Å². The molecule has 0 aliphatic rings. The quantitative estimate of drug-likeness (QED) is 0.310. The highest BCUT2D eigenvalue weighted by Crippen LogP contribution is 2.23. The van der Waals surface area contributed by atoms with E-state index in [-0.39, 0.29) is 0 Å². The summed E-state index contributed by atoms with van der Waals surface area (Å²) in [6, 6.07) is 28.0. The number of rotatable bonds is 8. The van der Waals surface area contributed by atoms with Crippen molar-refractivity contribution in [3.63, 3.8) is 0 Å². The normalized spacial score (nSPS) is 11.2. The van der Waals surface area contributed by atoms with Crippen molar-refractivity contribution in [2.75, 3.05) is 0 Å². The number of imidazole rings is 1. The molecule has 0 amide bonds. The Kier molecular flexibility index (Phi) is 5.86. The minimum atomic E-state index is 0.873. The minimum Gasteiger partial charge on any atom is -0.328 e. The molecule has 0 saturated heterocycles. The molecule has 3 aromatic carbocycles. The highest BCUT2D eigenvalue weighted by atomic mass is 15.1. The van der Waals surface area contributed by atoms with E-state index in [1.165, 1.54) is 53.7 Å². The van der Waals surface area contributed by atoms with E-state index in [4.69, 9.17) is 4.98 Å². The summed E-state index contributed by atoms with van der Waals surface area (Å²) in [7, 11) is 0. The van der Waals surface area contributed by atoms with E-state index in [0.717, 1.165) is 18.5 Å². The zero-order valence-corrected chi connectivity index (χ0v) is 16.6. The van der Waals surface area contributed by atoms with Crippen LogP contribution in [0.5, 0.6) is 0 Å². The SMILES string of the molecule is CCCCCCn1c(Cc2ccc(-c3ccccc3)cc2)nc2ccccc21. The molecule has 2 heteroatoms. The molecule has 0 unspecified atom stereocenters. The molecule has 0 bridgehead atoms. The average molecular weight is 369 g/mol. The van der Waals surface area contributed by atoms with Gasteiger partial charge in [0.05, 0.1) is 11.0 Å². The predicted octanol–water partition coefficient (Wildman–Crippen LogP) is 6.87. The van der Waals surface area contributed by atoms with Gasteiger partial charge in [-0.05, 0) is 35.2 Å². The zero-order valence-electron chi connectivity index (χ0n) is 16.6. The third-order valence-electron chi connectivity index (χ3n) is 5.39. The summed E-state index contributed by atoms with van der Waals surface area (Å²) in [6.45, 7) is 3.31. The number of aromatic nitrogens is 2. The molecule has 0 radical (unpaired) electrons. The van der Waals surface area contributed by atoms with Crippen LogP contribution in [0.3, 0.4) is 0 Å². The lowest BCUT2D eigenvalue weighted by Gasteiger charge is -2.10. The molecule has 0 spiro atoms. The van der Waals surface area contributed by atoms with Gasteiger partial charge in [0.1, 0.15) is 5.82 Å². The van der Waals surface area contributed by atoms with Crippen molar-refractivity contribution in [2.45, 2.75) is 45.6 Å². The average Bonchev–Trinajstić information content (AvgIpc) is 3.09. The van der Waals surface area contributed by atoms with Gasteiger partial charge < -0.3 is 4.57 Å². The van der Waals surface area contributed by atoms with Gasteiger partial charge in [-0.25, -0.2) is 4.98 Å². The number of para-hydroxylation sites is 2. The fourth-order valence-corrected chi connectivity index (χ4v) is 3.83. The Morgan fingerprint density at radius 1 is 0.714 bits per heavy atom. The topological polar surface area (TPSA) is 17.8 Å². The van der Waals surface area contributed by atoms with Gasteiger partial charge >= 0.3 is 0 Å². The molecule has 0 fully saturated rings. The van der Waals surface area contributed by atoms with Gasteiger partial charge in [-0.3, -0.25) is 0 Å². The molecule has 2 nitrogen and oxygen atoms in total. The van der Waals surface area contributed by atoms with Crippen LogP contribution in [0.4, 0.5) is 0 Å². The zero-order chi connectivity index (χ0) is 19.2. The fraction of sp³-hybridized carbons (Fsp3) is 0.269. The summed E-state index contributed by atoms with van der Waals surface area (Å²) >= 11 is 0. The number of fused-ring (bicyclic) bond motifs is 1. The van der Waals surface area contributed by atoms with Crippen molar-refractivity contribution in [1.29, 1.82) is 0 Å². The molecule has 142 valence electrons. The fourth-order valence-electron chi connectivity index (χ4n) is 3.83. The molecule has 28 heavy (non-hydrogen) atoms. The molecule has 4 aromatic rings. The molecule has 0 N–H and O–H groups in total. The van der Waals surface area contributed by atoms with Crippen molar-refractivity contribution in [3.05, 3.63) is 90.3 Å². The molecule has 0 atom stereocenters. The molecule has 0 saturated carbocycles. The van der Waals surface area contributed by atoms with Gasteiger partial charge in [0.2, 0.25) is 0 Å². The smallest absolute Gasteiger partial charge is 0.114 e. The first kappa shape index (κ1) is 18.5. The number of aryl methyl sites for hydroxylation is 1. The van der Waals surface area contributed by atoms with E-state index in [1.807, 2.05) is 0 Å². The lowest BCUT2D eigenvalue weighted by atomic mass is 10.0. The molecule has 0 aliphatic heterocycles. The van der Waals surface area contributed by atoms with Crippen LogP contribution in [0.1, 0.15) is 44.0 Å². The molecular formula is C26H28N2. The molecule has 1 heterocycles. The monoisotopic (exact) mass is 368 g/mol. The maximum Gasteiger partial charge on any atom is 0.114 e. The number of hydrogen-bond acceptors (Lipinski definition) is 1. The van der Waals surface area contributed by atoms with Crippen LogP contribution in [-0.2, 0) is 13.0 Å². The van der Waals surface area contributed by atoms with E-state index in [0.29, 0.717) is 0 Å². The van der Waals surface area contributed by atoms with E-state index in [1.54, 1.807) is 0 Å². The van der Waals surface area contributed by atoms with Crippen molar-refractivity contribution in [1.82, 2.24) is 9.55 Å². The van der Waals surface area contributed by atoms with Crippen molar-refractivity contribution in [2.24, 2.45) is 0 Å². The summed E-state index contributed by atoms with van der Waals surface area (Å²) in [5.41, 5.74) is 6.20. The Labute approximate surface area is 167 Å². The van der Waals surface area contributed by atoms with Gasteiger partial charge in [-0.15, -0.1) is 0 Å². The summed E-state index contributed by atoms with van der Waals surface area (Å²) in [4.78, 5) is 4.95. The van der Waals surface area contributed by atoms with Crippen LogP contribution in [0.2, 0.25) is 0 Å². The van der Waals surface area contributed by atoms with Gasteiger partial charge in [0.25, 0.3) is 0 Å².